The van der Waals surface area contributed by atoms with Gasteiger partial charge in [-0.1, -0.05) is 0 Å². The zero-order chi connectivity index (χ0) is 17.3. The molecule has 1 saturated heterocycles. The lowest BCUT2D eigenvalue weighted by Crippen LogP contribution is -2.34. The molecule has 0 radical (unpaired) electrons. The number of nitro groups is 1. The number of aryl methyl sites for hydroxylation is 2. The van der Waals surface area contributed by atoms with Crippen LogP contribution in [-0.4, -0.2) is 32.2 Å². The molecule has 8 nitrogen and oxygen atoms in total. The van der Waals surface area contributed by atoms with Crippen LogP contribution in [0.2, 0.25) is 0 Å². The van der Waals surface area contributed by atoms with Crippen LogP contribution < -0.4 is 5.32 Å². The van der Waals surface area contributed by atoms with E-state index < -0.39 is 4.92 Å². The predicted octanol–water partition coefficient (Wildman–Crippen LogP) is 3.01. The minimum Gasteiger partial charge on any atom is -0.317 e. The standard InChI is InChI=1S/C16H19N5O3/c1-11-8-13(5-6-14(11)21(23)24)18-16(22)20-7-3-4-15(20)12-9-17-19(2)10-12/h5-6,8-10,15H,3-4,7H2,1-2H3,(H,18,22)/t15-/m0/s1. The summed E-state index contributed by atoms with van der Waals surface area (Å²) in [5.74, 6) is 0. The van der Waals surface area contributed by atoms with Crippen LogP contribution in [0.4, 0.5) is 16.2 Å². The van der Waals surface area contributed by atoms with Gasteiger partial charge in [-0.2, -0.15) is 5.10 Å². The van der Waals surface area contributed by atoms with Gasteiger partial charge in [0, 0.05) is 42.7 Å². The molecule has 1 aliphatic heterocycles. The van der Waals surface area contributed by atoms with E-state index in [1.807, 2.05) is 13.2 Å². The van der Waals surface area contributed by atoms with E-state index in [0.717, 1.165) is 18.4 Å². The molecule has 2 amide bonds. The lowest BCUT2D eigenvalue weighted by atomic mass is 10.1. The van der Waals surface area contributed by atoms with E-state index in [-0.39, 0.29) is 17.8 Å². The monoisotopic (exact) mass is 329 g/mol. The fourth-order valence-electron chi connectivity index (χ4n) is 3.10. The van der Waals surface area contributed by atoms with E-state index in [0.29, 0.717) is 17.8 Å². The number of likely N-dealkylation sites (tertiary alicyclic amines) is 1. The van der Waals surface area contributed by atoms with Gasteiger partial charge in [0.2, 0.25) is 0 Å². The van der Waals surface area contributed by atoms with Gasteiger partial charge >= 0.3 is 6.03 Å². The predicted molar refractivity (Wildman–Crippen MR) is 88.7 cm³/mol. The van der Waals surface area contributed by atoms with E-state index in [4.69, 9.17) is 0 Å². The van der Waals surface area contributed by atoms with Crippen molar-refractivity contribution < 1.29 is 9.72 Å². The third kappa shape index (κ3) is 3.08. The third-order valence-electron chi connectivity index (χ3n) is 4.27. The van der Waals surface area contributed by atoms with Gasteiger partial charge in [0.05, 0.1) is 17.2 Å². The van der Waals surface area contributed by atoms with Crippen LogP contribution in [0.15, 0.2) is 30.6 Å². The first-order valence-electron chi connectivity index (χ1n) is 7.77. The minimum absolute atomic E-state index is 0.0119. The number of nitrogens with zero attached hydrogens (tertiary/aromatic N) is 4. The van der Waals surface area contributed by atoms with E-state index in [1.165, 1.54) is 6.07 Å². The minimum atomic E-state index is -0.431. The Morgan fingerprint density at radius 2 is 2.25 bits per heavy atom. The van der Waals surface area contributed by atoms with Crippen LogP contribution in [0.3, 0.4) is 0 Å². The van der Waals surface area contributed by atoms with Crippen LogP contribution in [-0.2, 0) is 7.05 Å². The number of nitrogens with one attached hydrogen (secondary N) is 1. The molecule has 24 heavy (non-hydrogen) atoms. The van der Waals surface area contributed by atoms with Crippen molar-refractivity contribution in [1.29, 1.82) is 0 Å². The molecular formula is C16H19N5O3. The van der Waals surface area contributed by atoms with Crippen molar-refractivity contribution in [2.45, 2.75) is 25.8 Å². The first kappa shape index (κ1) is 16.0. The Morgan fingerprint density at radius 3 is 2.88 bits per heavy atom. The number of urea groups is 1. The van der Waals surface area contributed by atoms with E-state index >= 15 is 0 Å². The average Bonchev–Trinajstić information content (AvgIpc) is 3.15. The Labute approximate surface area is 139 Å². The highest BCUT2D eigenvalue weighted by Gasteiger charge is 2.31. The summed E-state index contributed by atoms with van der Waals surface area (Å²) in [5, 5.41) is 17.9. The lowest BCUT2D eigenvalue weighted by Gasteiger charge is -2.24. The Kier molecular flexibility index (Phi) is 4.20. The van der Waals surface area contributed by atoms with Crippen LogP contribution in [0.25, 0.3) is 0 Å². The Balaban J connectivity index is 1.74. The zero-order valence-corrected chi connectivity index (χ0v) is 13.6. The Morgan fingerprint density at radius 1 is 1.46 bits per heavy atom. The Bertz CT molecular complexity index is 786. The lowest BCUT2D eigenvalue weighted by molar-refractivity contribution is -0.385. The molecule has 1 aromatic carbocycles. The highest BCUT2D eigenvalue weighted by molar-refractivity contribution is 5.90. The van der Waals surface area contributed by atoms with Crippen molar-refractivity contribution in [2.75, 3.05) is 11.9 Å². The summed E-state index contributed by atoms with van der Waals surface area (Å²) in [7, 11) is 1.85. The topological polar surface area (TPSA) is 93.3 Å². The number of aromatic nitrogens is 2. The fourth-order valence-corrected chi connectivity index (χ4v) is 3.10. The number of benzene rings is 1. The highest BCUT2D eigenvalue weighted by Crippen LogP contribution is 2.32. The van der Waals surface area contributed by atoms with Crippen LogP contribution >= 0.6 is 0 Å². The molecule has 1 atom stereocenters. The Hall–Kier alpha value is -2.90. The molecule has 0 spiro atoms. The van der Waals surface area contributed by atoms with Crippen molar-refractivity contribution in [3.8, 4) is 0 Å². The number of amides is 2. The quantitative estimate of drug-likeness (QED) is 0.692. The summed E-state index contributed by atoms with van der Waals surface area (Å²) in [6, 6.07) is 4.39. The number of hydrogen-bond donors (Lipinski definition) is 1. The van der Waals surface area contributed by atoms with E-state index in [9.17, 15) is 14.9 Å². The number of hydrogen-bond acceptors (Lipinski definition) is 4. The van der Waals surface area contributed by atoms with Crippen molar-refractivity contribution in [2.24, 2.45) is 7.05 Å². The molecule has 1 fully saturated rings. The van der Waals surface area contributed by atoms with Gasteiger partial charge in [0.15, 0.2) is 0 Å². The largest absolute Gasteiger partial charge is 0.322 e. The molecule has 0 bridgehead atoms. The average molecular weight is 329 g/mol. The normalized spacial score (nSPS) is 17.1. The van der Waals surface area contributed by atoms with Crippen LogP contribution in [0, 0.1) is 17.0 Å². The van der Waals surface area contributed by atoms with Gasteiger partial charge in [0.25, 0.3) is 5.69 Å². The number of carbonyl (C=O) groups excluding carboxylic acids is 1. The van der Waals surface area contributed by atoms with Gasteiger partial charge < -0.3 is 10.2 Å². The molecule has 0 aliphatic carbocycles. The molecule has 126 valence electrons. The zero-order valence-electron chi connectivity index (χ0n) is 13.6. The molecule has 3 rings (SSSR count). The van der Waals surface area contributed by atoms with Gasteiger partial charge in [-0.05, 0) is 31.9 Å². The molecule has 1 aromatic heterocycles. The summed E-state index contributed by atoms with van der Waals surface area (Å²) in [6.07, 6.45) is 5.54. The number of carbonyl (C=O) groups is 1. The van der Waals surface area contributed by atoms with Crippen molar-refractivity contribution in [1.82, 2.24) is 14.7 Å². The summed E-state index contributed by atoms with van der Waals surface area (Å²) < 4.78 is 1.73. The summed E-state index contributed by atoms with van der Waals surface area (Å²) in [6.45, 7) is 2.33. The van der Waals surface area contributed by atoms with E-state index in [2.05, 4.69) is 10.4 Å². The maximum atomic E-state index is 12.6. The summed E-state index contributed by atoms with van der Waals surface area (Å²) in [5.41, 5.74) is 2.13. The van der Waals surface area contributed by atoms with Gasteiger partial charge in [-0.15, -0.1) is 0 Å². The number of rotatable bonds is 3. The molecule has 1 N–H and O–H groups in total. The molecule has 2 heterocycles. The second-order valence-electron chi connectivity index (χ2n) is 5.99. The van der Waals surface area contributed by atoms with Crippen molar-refractivity contribution in [3.63, 3.8) is 0 Å². The molecule has 1 aliphatic rings. The summed E-state index contributed by atoms with van der Waals surface area (Å²) in [4.78, 5) is 24.8. The molecular weight excluding hydrogens is 310 g/mol. The van der Waals surface area contributed by atoms with Gasteiger partial charge in [-0.25, -0.2) is 4.79 Å². The van der Waals surface area contributed by atoms with Gasteiger partial charge in [0.1, 0.15) is 0 Å². The molecule has 0 saturated carbocycles. The highest BCUT2D eigenvalue weighted by atomic mass is 16.6. The maximum Gasteiger partial charge on any atom is 0.322 e. The second-order valence-corrected chi connectivity index (χ2v) is 5.99. The van der Waals surface area contributed by atoms with Gasteiger partial charge in [-0.3, -0.25) is 14.8 Å². The molecule has 0 unspecified atom stereocenters. The molecule has 8 heteroatoms. The molecule has 2 aromatic rings. The first-order valence-corrected chi connectivity index (χ1v) is 7.77. The number of nitro benzene ring substituents is 1. The van der Waals surface area contributed by atoms with Crippen molar-refractivity contribution in [3.05, 3.63) is 51.8 Å². The third-order valence-corrected chi connectivity index (χ3v) is 4.27. The fraction of sp³-hybridized carbons (Fsp3) is 0.375. The SMILES string of the molecule is Cc1cc(NC(=O)N2CCC[C@H]2c2cnn(C)c2)ccc1[N+](=O)[O-]. The summed E-state index contributed by atoms with van der Waals surface area (Å²) >= 11 is 0. The van der Waals surface area contributed by atoms with E-state index in [1.54, 1.807) is 34.8 Å². The number of anilines is 1. The maximum absolute atomic E-state index is 12.6. The first-order chi connectivity index (χ1) is 11.5. The van der Waals surface area contributed by atoms with Crippen LogP contribution in [0.5, 0.6) is 0 Å². The second kappa shape index (κ2) is 6.31. The smallest absolute Gasteiger partial charge is 0.317 e. The van der Waals surface area contributed by atoms with Crippen molar-refractivity contribution >= 4 is 17.4 Å². The van der Waals surface area contributed by atoms with Crippen LogP contribution in [0.1, 0.15) is 30.0 Å².